The Labute approximate surface area is 87.5 Å². The maximum atomic E-state index is 11.4. The van der Waals surface area contributed by atoms with Crippen LogP contribution in [0.1, 0.15) is 17.3 Å². The molecule has 4 heteroatoms. The summed E-state index contributed by atoms with van der Waals surface area (Å²) in [6.45, 7) is 2.18. The van der Waals surface area contributed by atoms with Crippen LogP contribution in [0.25, 0.3) is 10.9 Å². The summed E-state index contributed by atoms with van der Waals surface area (Å²) in [4.78, 5) is 11.4. The van der Waals surface area contributed by atoms with Gasteiger partial charge in [-0.05, 0) is 25.1 Å². The molecule has 0 amide bonds. The van der Waals surface area contributed by atoms with Crippen molar-refractivity contribution in [2.75, 3.05) is 6.61 Å². The lowest BCUT2D eigenvalue weighted by atomic mass is 10.2. The summed E-state index contributed by atoms with van der Waals surface area (Å²) in [6, 6.07) is 5.34. The number of hydrogen-bond donors (Lipinski definition) is 0. The molecule has 0 N–H and O–H groups in total. The van der Waals surface area contributed by atoms with E-state index in [4.69, 9.17) is 4.74 Å². The Bertz CT molecular complexity index is 502. The molecule has 0 aliphatic rings. The van der Waals surface area contributed by atoms with E-state index in [9.17, 15) is 4.79 Å². The van der Waals surface area contributed by atoms with E-state index in [1.165, 1.54) is 0 Å². The largest absolute Gasteiger partial charge is 0.462 e. The second-order valence-electron chi connectivity index (χ2n) is 3.30. The average Bonchev–Trinajstić information content (AvgIpc) is 2.57. The molecule has 0 radical (unpaired) electrons. The summed E-state index contributed by atoms with van der Waals surface area (Å²) >= 11 is 0. The summed E-state index contributed by atoms with van der Waals surface area (Å²) in [5.41, 5.74) is 1.45. The lowest BCUT2D eigenvalue weighted by Crippen LogP contribution is -2.03. The van der Waals surface area contributed by atoms with Crippen molar-refractivity contribution in [3.05, 3.63) is 30.0 Å². The monoisotopic (exact) mass is 204 g/mol. The summed E-state index contributed by atoms with van der Waals surface area (Å²) in [7, 11) is 1.85. The summed E-state index contributed by atoms with van der Waals surface area (Å²) < 4.78 is 6.64. The number of rotatable bonds is 2. The number of hydrogen-bond acceptors (Lipinski definition) is 3. The number of carbonyl (C=O) groups is 1. The van der Waals surface area contributed by atoms with Crippen molar-refractivity contribution in [1.82, 2.24) is 9.78 Å². The number of ether oxygens (including phenoxy) is 1. The lowest BCUT2D eigenvalue weighted by Gasteiger charge is -2.00. The minimum Gasteiger partial charge on any atom is -0.462 e. The van der Waals surface area contributed by atoms with Crippen LogP contribution in [0.3, 0.4) is 0 Å². The Morgan fingerprint density at radius 2 is 2.33 bits per heavy atom. The molecule has 0 saturated carbocycles. The minimum atomic E-state index is -0.289. The van der Waals surface area contributed by atoms with Gasteiger partial charge in [0.25, 0.3) is 0 Å². The van der Waals surface area contributed by atoms with Crippen LogP contribution in [0.5, 0.6) is 0 Å². The van der Waals surface area contributed by atoms with Crippen molar-refractivity contribution in [2.24, 2.45) is 7.05 Å². The molecule has 1 aromatic heterocycles. The molecule has 1 heterocycles. The van der Waals surface area contributed by atoms with Crippen LogP contribution in [-0.4, -0.2) is 22.4 Å². The Kier molecular flexibility index (Phi) is 2.41. The molecule has 78 valence electrons. The zero-order valence-corrected chi connectivity index (χ0v) is 8.73. The fraction of sp³-hybridized carbons (Fsp3) is 0.273. The highest BCUT2D eigenvalue weighted by Crippen LogP contribution is 2.14. The first kappa shape index (κ1) is 9.71. The van der Waals surface area contributed by atoms with Gasteiger partial charge in [0.1, 0.15) is 0 Å². The van der Waals surface area contributed by atoms with Crippen molar-refractivity contribution in [3.8, 4) is 0 Å². The number of nitrogens with zero attached hydrogens (tertiary/aromatic N) is 2. The SMILES string of the molecule is CCOC(=O)c1ccc2nn(C)cc2c1. The predicted octanol–water partition coefficient (Wildman–Crippen LogP) is 1.75. The van der Waals surface area contributed by atoms with E-state index in [2.05, 4.69) is 5.10 Å². The second kappa shape index (κ2) is 3.73. The highest BCUT2D eigenvalue weighted by molar-refractivity contribution is 5.94. The third-order valence-electron chi connectivity index (χ3n) is 2.13. The normalized spacial score (nSPS) is 10.5. The van der Waals surface area contributed by atoms with Gasteiger partial charge in [0.05, 0.1) is 17.7 Å². The molecule has 0 aliphatic heterocycles. The molecular weight excluding hydrogens is 192 g/mol. The molecule has 1 aromatic carbocycles. The van der Waals surface area contributed by atoms with Crippen molar-refractivity contribution in [3.63, 3.8) is 0 Å². The van der Waals surface area contributed by atoms with Crippen LogP contribution in [-0.2, 0) is 11.8 Å². The summed E-state index contributed by atoms with van der Waals surface area (Å²) in [5.74, 6) is -0.289. The number of esters is 1. The summed E-state index contributed by atoms with van der Waals surface area (Å²) in [5, 5.41) is 5.17. The quantitative estimate of drug-likeness (QED) is 0.700. The third-order valence-corrected chi connectivity index (χ3v) is 2.13. The van der Waals surface area contributed by atoms with Crippen LogP contribution >= 0.6 is 0 Å². The van der Waals surface area contributed by atoms with Crippen LogP contribution in [0.2, 0.25) is 0 Å². The molecule has 0 unspecified atom stereocenters. The van der Waals surface area contributed by atoms with Crippen LogP contribution < -0.4 is 0 Å². The topological polar surface area (TPSA) is 44.1 Å². The minimum absolute atomic E-state index is 0.289. The Morgan fingerprint density at radius 3 is 3.07 bits per heavy atom. The van der Waals surface area contributed by atoms with Crippen molar-refractivity contribution in [2.45, 2.75) is 6.92 Å². The maximum Gasteiger partial charge on any atom is 0.338 e. The Hall–Kier alpha value is -1.84. The fourth-order valence-electron chi connectivity index (χ4n) is 1.49. The smallest absolute Gasteiger partial charge is 0.338 e. The van der Waals surface area contributed by atoms with E-state index in [0.29, 0.717) is 12.2 Å². The molecule has 2 aromatic rings. The Morgan fingerprint density at radius 1 is 1.53 bits per heavy atom. The molecule has 0 aliphatic carbocycles. The van der Waals surface area contributed by atoms with E-state index in [1.54, 1.807) is 23.7 Å². The van der Waals surface area contributed by atoms with Gasteiger partial charge in [-0.2, -0.15) is 5.10 Å². The molecule has 15 heavy (non-hydrogen) atoms. The second-order valence-corrected chi connectivity index (χ2v) is 3.30. The molecule has 2 rings (SSSR count). The van der Waals surface area contributed by atoms with Gasteiger partial charge in [-0.3, -0.25) is 4.68 Å². The van der Waals surface area contributed by atoms with Gasteiger partial charge < -0.3 is 4.74 Å². The van der Waals surface area contributed by atoms with Gasteiger partial charge in [-0.15, -0.1) is 0 Å². The molecule has 0 saturated heterocycles. The highest BCUT2D eigenvalue weighted by atomic mass is 16.5. The molecule has 0 bridgehead atoms. The molecule has 4 nitrogen and oxygen atoms in total. The molecule has 0 atom stereocenters. The average molecular weight is 204 g/mol. The van der Waals surface area contributed by atoms with Gasteiger partial charge >= 0.3 is 5.97 Å². The Balaban J connectivity index is 2.41. The molecule has 0 spiro atoms. The van der Waals surface area contributed by atoms with Crippen LogP contribution in [0, 0.1) is 0 Å². The zero-order chi connectivity index (χ0) is 10.8. The fourth-order valence-corrected chi connectivity index (χ4v) is 1.49. The van der Waals surface area contributed by atoms with Crippen molar-refractivity contribution in [1.29, 1.82) is 0 Å². The first-order valence-electron chi connectivity index (χ1n) is 4.81. The standard InChI is InChI=1S/C11H12N2O2/c1-3-15-11(14)8-4-5-10-9(6-8)7-13(2)12-10/h4-7H,3H2,1-2H3. The molecule has 0 fully saturated rings. The van der Waals surface area contributed by atoms with E-state index in [1.807, 2.05) is 19.3 Å². The van der Waals surface area contributed by atoms with Gasteiger partial charge in [-0.25, -0.2) is 4.79 Å². The summed E-state index contributed by atoms with van der Waals surface area (Å²) in [6.07, 6.45) is 1.87. The number of carbonyl (C=O) groups excluding carboxylic acids is 1. The number of aryl methyl sites for hydroxylation is 1. The van der Waals surface area contributed by atoms with Crippen LogP contribution in [0.4, 0.5) is 0 Å². The van der Waals surface area contributed by atoms with Gasteiger partial charge in [0.2, 0.25) is 0 Å². The first-order chi connectivity index (χ1) is 7.20. The van der Waals surface area contributed by atoms with E-state index in [-0.39, 0.29) is 5.97 Å². The first-order valence-corrected chi connectivity index (χ1v) is 4.81. The predicted molar refractivity (Wildman–Crippen MR) is 56.7 cm³/mol. The third kappa shape index (κ3) is 1.83. The van der Waals surface area contributed by atoms with E-state index in [0.717, 1.165) is 10.9 Å². The number of aromatic nitrogens is 2. The maximum absolute atomic E-state index is 11.4. The lowest BCUT2D eigenvalue weighted by molar-refractivity contribution is 0.0526. The van der Waals surface area contributed by atoms with Gasteiger partial charge in [0.15, 0.2) is 0 Å². The van der Waals surface area contributed by atoms with Gasteiger partial charge in [0, 0.05) is 18.6 Å². The highest BCUT2D eigenvalue weighted by Gasteiger charge is 2.07. The zero-order valence-electron chi connectivity index (χ0n) is 8.73. The van der Waals surface area contributed by atoms with Gasteiger partial charge in [-0.1, -0.05) is 0 Å². The van der Waals surface area contributed by atoms with Crippen LogP contribution in [0.15, 0.2) is 24.4 Å². The van der Waals surface area contributed by atoms with E-state index >= 15 is 0 Å². The number of benzene rings is 1. The van der Waals surface area contributed by atoms with Crippen molar-refractivity contribution < 1.29 is 9.53 Å². The van der Waals surface area contributed by atoms with Crippen molar-refractivity contribution >= 4 is 16.9 Å². The molecular formula is C11H12N2O2. The number of fused-ring (bicyclic) bond motifs is 1. The van der Waals surface area contributed by atoms with E-state index < -0.39 is 0 Å².